The molecule has 3 aromatic carbocycles. The van der Waals surface area contributed by atoms with Gasteiger partial charge in [0.1, 0.15) is 17.3 Å². The first-order chi connectivity index (χ1) is 28.9. The highest BCUT2D eigenvalue weighted by Crippen LogP contribution is 2.43. The number of benzene rings is 3. The van der Waals surface area contributed by atoms with Crippen molar-refractivity contribution in [2.24, 2.45) is 7.05 Å². The van der Waals surface area contributed by atoms with Crippen LogP contribution in [0.4, 0.5) is 4.39 Å². The van der Waals surface area contributed by atoms with E-state index in [1.807, 2.05) is 41.5 Å². The maximum Gasteiger partial charge on any atom is 0.354 e. The van der Waals surface area contributed by atoms with E-state index in [9.17, 15) is 14.3 Å². The van der Waals surface area contributed by atoms with Crippen molar-refractivity contribution in [2.45, 2.75) is 104 Å². The van der Waals surface area contributed by atoms with Crippen LogP contribution in [-0.2, 0) is 59.1 Å². The van der Waals surface area contributed by atoms with Crippen molar-refractivity contribution in [1.82, 2.24) is 24.1 Å². The molecular weight excluding hydrogens is 829 g/mol. The van der Waals surface area contributed by atoms with Crippen molar-refractivity contribution in [3.8, 4) is 16.9 Å². The minimum absolute atomic E-state index is 0.0971. The Balaban J connectivity index is 1.24. The SMILES string of the molecule is COCCn1nc(C)c(-c2c(Cl)ccc3c(CCCO[Si](C)(C)C(C)(C)C)c(C(=O)OC)n(CCCSCc4cc(CCc5cc(O)c6ccc(F)cc6c5)n(C)n4)c23)c1C. The van der Waals surface area contributed by atoms with Crippen LogP contribution in [0.5, 0.6) is 5.75 Å². The fourth-order valence-corrected chi connectivity index (χ4v) is 10.1. The lowest BCUT2D eigenvalue weighted by Gasteiger charge is -2.36. The van der Waals surface area contributed by atoms with Gasteiger partial charge in [-0.25, -0.2) is 9.18 Å². The Kier molecular flexibility index (Phi) is 14.8. The molecule has 0 spiro atoms. The van der Waals surface area contributed by atoms with E-state index in [1.165, 1.54) is 19.2 Å². The van der Waals surface area contributed by atoms with Crippen LogP contribution in [0.25, 0.3) is 32.8 Å². The maximum atomic E-state index is 13.9. The zero-order valence-corrected chi connectivity index (χ0v) is 39.9. The Morgan fingerprint density at radius 1 is 0.934 bits per heavy atom. The molecule has 328 valence electrons. The Morgan fingerprint density at radius 2 is 1.69 bits per heavy atom. The van der Waals surface area contributed by atoms with E-state index in [4.69, 9.17) is 35.7 Å². The number of aromatic hydroxyl groups is 1. The molecule has 61 heavy (non-hydrogen) atoms. The highest BCUT2D eigenvalue weighted by molar-refractivity contribution is 7.98. The van der Waals surface area contributed by atoms with Gasteiger partial charge in [-0.05, 0) is 123 Å². The number of aryl methyl sites for hydroxylation is 6. The first-order valence-corrected chi connectivity index (χ1v) is 25.5. The Hall–Kier alpha value is -4.14. The van der Waals surface area contributed by atoms with Crippen LogP contribution in [0, 0.1) is 19.7 Å². The summed E-state index contributed by atoms with van der Waals surface area (Å²) in [4.78, 5) is 13.9. The summed E-state index contributed by atoms with van der Waals surface area (Å²) in [5, 5.41) is 23.2. The topological polar surface area (TPSA) is 106 Å². The number of hydrogen-bond acceptors (Lipinski definition) is 8. The number of fused-ring (bicyclic) bond motifs is 2. The molecule has 0 bridgehead atoms. The summed E-state index contributed by atoms with van der Waals surface area (Å²) >= 11 is 8.98. The number of hydrogen-bond donors (Lipinski definition) is 1. The van der Waals surface area contributed by atoms with E-state index in [1.54, 1.807) is 31.0 Å². The molecule has 0 aliphatic rings. The lowest BCUT2D eigenvalue weighted by atomic mass is 9.98. The van der Waals surface area contributed by atoms with Gasteiger partial charge in [0.2, 0.25) is 0 Å². The molecule has 3 aromatic heterocycles. The van der Waals surface area contributed by atoms with E-state index in [0.717, 1.165) is 86.7 Å². The average molecular weight is 891 g/mol. The molecule has 0 radical (unpaired) electrons. The second kappa shape index (κ2) is 19.5. The number of thioether (sulfide) groups is 1. The summed E-state index contributed by atoms with van der Waals surface area (Å²) in [5.74, 6) is 1.02. The molecule has 0 aliphatic carbocycles. The molecule has 6 rings (SSSR count). The number of phenols is 1. The van der Waals surface area contributed by atoms with Crippen molar-refractivity contribution in [3.05, 3.63) is 99.0 Å². The van der Waals surface area contributed by atoms with Gasteiger partial charge >= 0.3 is 5.97 Å². The van der Waals surface area contributed by atoms with Crippen LogP contribution >= 0.6 is 23.4 Å². The van der Waals surface area contributed by atoms with E-state index >= 15 is 0 Å². The van der Waals surface area contributed by atoms with Gasteiger partial charge in [0.15, 0.2) is 8.32 Å². The van der Waals surface area contributed by atoms with Crippen LogP contribution in [-0.4, -0.2) is 76.7 Å². The normalized spacial score (nSPS) is 12.3. The third-order valence-electron chi connectivity index (χ3n) is 12.2. The number of aromatic nitrogens is 5. The lowest BCUT2D eigenvalue weighted by Crippen LogP contribution is -2.41. The van der Waals surface area contributed by atoms with Crippen molar-refractivity contribution in [1.29, 1.82) is 0 Å². The average Bonchev–Trinajstić information content (AvgIpc) is 3.82. The minimum atomic E-state index is -1.96. The van der Waals surface area contributed by atoms with Gasteiger partial charge in [-0.1, -0.05) is 44.5 Å². The molecule has 0 amide bonds. The van der Waals surface area contributed by atoms with E-state index < -0.39 is 8.32 Å². The minimum Gasteiger partial charge on any atom is -0.507 e. The number of halogens is 2. The zero-order chi connectivity index (χ0) is 44.2. The lowest BCUT2D eigenvalue weighted by molar-refractivity contribution is 0.0587. The smallest absolute Gasteiger partial charge is 0.354 e. The maximum absolute atomic E-state index is 13.9. The van der Waals surface area contributed by atoms with Crippen LogP contribution in [0.15, 0.2) is 48.5 Å². The van der Waals surface area contributed by atoms with Gasteiger partial charge in [0.05, 0.1) is 42.2 Å². The summed E-state index contributed by atoms with van der Waals surface area (Å²) in [6.07, 6.45) is 3.60. The number of rotatable bonds is 19. The first-order valence-electron chi connectivity index (χ1n) is 21.1. The molecule has 10 nitrogen and oxygen atoms in total. The monoisotopic (exact) mass is 889 g/mol. The quantitative estimate of drug-likeness (QED) is 0.0487. The molecule has 1 N–H and O–H groups in total. The standard InChI is InChI=1S/C47H61ClFN5O5SSi/c1-30-42(31(2)54(50-30)21-23-57-7)43-40(48)19-18-39-38(13-11-22-59-61(9,10)47(3,4)5)45(46(56)58-8)53(44(39)43)20-12-24-60-29-35-28-36(52(6)51-35)16-14-32-25-33-27-34(49)15-17-37(33)41(55)26-32/h15,17-19,25-28,55H,11-14,16,20-24,29H2,1-10H3. The highest BCUT2D eigenvalue weighted by atomic mass is 35.5. The second-order valence-electron chi connectivity index (χ2n) is 17.4. The van der Waals surface area contributed by atoms with E-state index in [0.29, 0.717) is 60.6 Å². The molecule has 0 fully saturated rings. The van der Waals surface area contributed by atoms with Gasteiger partial charge in [-0.3, -0.25) is 9.36 Å². The predicted molar refractivity (Wildman–Crippen MR) is 249 cm³/mol. The molecule has 0 saturated carbocycles. The summed E-state index contributed by atoms with van der Waals surface area (Å²) in [7, 11) is 3.12. The fraction of sp³-hybridized carbons (Fsp3) is 0.468. The number of nitrogens with zero attached hydrogens (tertiary/aromatic N) is 5. The van der Waals surface area contributed by atoms with Gasteiger partial charge in [-0.2, -0.15) is 22.0 Å². The molecule has 0 atom stereocenters. The highest BCUT2D eigenvalue weighted by Gasteiger charge is 2.37. The van der Waals surface area contributed by atoms with Crippen molar-refractivity contribution < 1.29 is 28.2 Å². The van der Waals surface area contributed by atoms with Crippen LogP contribution in [0.3, 0.4) is 0 Å². The number of carbonyl (C=O) groups is 1. The van der Waals surface area contributed by atoms with Gasteiger partial charge < -0.3 is 23.6 Å². The zero-order valence-electron chi connectivity index (χ0n) is 37.4. The molecule has 0 aliphatic heterocycles. The Bertz CT molecular complexity index is 2520. The predicted octanol–water partition coefficient (Wildman–Crippen LogP) is 11.0. The molecule has 6 aromatic rings. The van der Waals surface area contributed by atoms with Crippen LogP contribution in [0.2, 0.25) is 23.2 Å². The molecule has 14 heteroatoms. The van der Waals surface area contributed by atoms with Crippen molar-refractivity contribution >= 4 is 59.3 Å². The number of carbonyl (C=O) groups excluding carboxylic acids is 1. The molecule has 3 heterocycles. The fourth-order valence-electron chi connectivity index (χ4n) is 7.96. The number of methoxy groups -OCH3 is 2. The van der Waals surface area contributed by atoms with Gasteiger partial charge in [0.25, 0.3) is 0 Å². The van der Waals surface area contributed by atoms with E-state index in [-0.39, 0.29) is 22.6 Å². The van der Waals surface area contributed by atoms with Gasteiger partial charge in [0, 0.05) is 66.3 Å². The Morgan fingerprint density at radius 3 is 2.41 bits per heavy atom. The third kappa shape index (κ3) is 10.2. The molecule has 0 saturated heterocycles. The van der Waals surface area contributed by atoms with Crippen molar-refractivity contribution in [3.63, 3.8) is 0 Å². The van der Waals surface area contributed by atoms with Crippen molar-refractivity contribution in [2.75, 3.05) is 33.2 Å². The largest absolute Gasteiger partial charge is 0.507 e. The Labute approximate surface area is 369 Å². The summed E-state index contributed by atoms with van der Waals surface area (Å²) in [6, 6.07) is 14.2. The number of esters is 1. The van der Waals surface area contributed by atoms with Crippen LogP contribution < -0.4 is 0 Å². The third-order valence-corrected chi connectivity index (χ3v) is 18.1. The van der Waals surface area contributed by atoms with Gasteiger partial charge in [-0.15, -0.1) is 0 Å². The van der Waals surface area contributed by atoms with E-state index in [2.05, 4.69) is 51.4 Å². The molecule has 0 unspecified atom stereocenters. The summed E-state index contributed by atoms with van der Waals surface area (Å²) in [5.41, 5.74) is 9.09. The summed E-state index contributed by atoms with van der Waals surface area (Å²) < 4.78 is 37.4. The number of ether oxygens (including phenoxy) is 2. The molecular formula is C47H61ClFN5O5SSi. The first kappa shape index (κ1) is 46.4. The van der Waals surface area contributed by atoms with Crippen LogP contribution in [0.1, 0.15) is 78.0 Å². The number of phenolic OH excluding ortho intramolecular Hbond substituents is 1. The summed E-state index contributed by atoms with van der Waals surface area (Å²) in [6.45, 7) is 17.6. The second-order valence-corrected chi connectivity index (χ2v) is 23.7.